The zero-order valence-electron chi connectivity index (χ0n) is 21.2. The molecule has 0 saturated carbocycles. The average Bonchev–Trinajstić information content (AvgIpc) is 3.33. The van der Waals surface area contributed by atoms with E-state index in [0.29, 0.717) is 55.8 Å². The van der Waals surface area contributed by atoms with Gasteiger partial charge in [0.15, 0.2) is 0 Å². The van der Waals surface area contributed by atoms with Crippen LogP contribution in [-0.2, 0) is 17.6 Å². The quantitative estimate of drug-likeness (QED) is 0.467. The number of aliphatic hydroxyl groups is 1. The molecule has 2 atom stereocenters. The summed E-state index contributed by atoms with van der Waals surface area (Å²) in [5, 5.41) is 16.6. The Balaban J connectivity index is 1.32. The van der Waals surface area contributed by atoms with Crippen molar-refractivity contribution in [3.8, 4) is 5.75 Å². The van der Waals surface area contributed by atoms with Crippen LogP contribution in [0.2, 0.25) is 0 Å². The van der Waals surface area contributed by atoms with Crippen LogP contribution in [0.4, 0.5) is 0 Å². The summed E-state index contributed by atoms with van der Waals surface area (Å²) in [4.78, 5) is 27.9. The Bertz CT molecular complexity index is 1030. The van der Waals surface area contributed by atoms with Crippen molar-refractivity contribution < 1.29 is 24.2 Å². The van der Waals surface area contributed by atoms with E-state index in [1.807, 2.05) is 18.7 Å². The molecule has 8 heteroatoms. The van der Waals surface area contributed by atoms with Gasteiger partial charge in [-0.05, 0) is 55.5 Å². The normalized spacial score (nSPS) is 18.5. The van der Waals surface area contributed by atoms with Gasteiger partial charge < -0.3 is 30.1 Å². The van der Waals surface area contributed by atoms with Crippen molar-refractivity contribution in [3.05, 3.63) is 64.7 Å². The molecule has 2 aliphatic rings. The van der Waals surface area contributed by atoms with E-state index in [1.54, 1.807) is 18.2 Å². The number of rotatable bonds is 10. The molecule has 8 nitrogen and oxygen atoms in total. The first-order chi connectivity index (χ1) is 17.5. The first kappa shape index (κ1) is 26.1. The molecule has 2 aromatic carbocycles. The maximum atomic E-state index is 13.1. The van der Waals surface area contributed by atoms with E-state index in [9.17, 15) is 14.7 Å². The highest BCUT2D eigenvalue weighted by Gasteiger charge is 2.28. The van der Waals surface area contributed by atoms with E-state index in [-0.39, 0.29) is 24.4 Å². The molecule has 2 aromatic rings. The summed E-state index contributed by atoms with van der Waals surface area (Å²) in [6.45, 7) is 6.34. The van der Waals surface area contributed by atoms with Crippen LogP contribution < -0.4 is 15.4 Å². The summed E-state index contributed by atoms with van der Waals surface area (Å²) in [5.41, 5.74) is 3.52. The van der Waals surface area contributed by atoms with E-state index < -0.39 is 6.10 Å². The van der Waals surface area contributed by atoms with Crippen molar-refractivity contribution in [2.45, 2.75) is 51.3 Å². The highest BCUT2D eigenvalue weighted by Crippen LogP contribution is 2.24. The standard InChI is InChI=1S/C28H37N3O5/c1-3-23-18-35-12-11-31(23)28(34)21-9-10-25(26(15-21)36-4-2)27(33)30-17-24(32)16-29-22-13-19-7-5-6-8-20(19)14-22/h5-10,15,22-24,29,32H,3-4,11-14,16-18H2,1-2H3,(H,30,33)/t23-,24?/m0/s1. The van der Waals surface area contributed by atoms with Gasteiger partial charge >= 0.3 is 0 Å². The molecular formula is C28H37N3O5. The summed E-state index contributed by atoms with van der Waals surface area (Å²) in [6, 6.07) is 13.6. The molecule has 0 aromatic heterocycles. The molecule has 1 heterocycles. The Morgan fingerprint density at radius 1 is 1.14 bits per heavy atom. The van der Waals surface area contributed by atoms with E-state index in [1.165, 1.54) is 11.1 Å². The van der Waals surface area contributed by atoms with Gasteiger partial charge in [-0.1, -0.05) is 31.2 Å². The molecule has 1 fully saturated rings. The number of nitrogens with one attached hydrogen (secondary N) is 2. The number of aliphatic hydroxyl groups excluding tert-OH is 1. The molecule has 3 N–H and O–H groups in total. The summed E-state index contributed by atoms with van der Waals surface area (Å²) in [6.07, 6.45) is 1.99. The summed E-state index contributed by atoms with van der Waals surface area (Å²) in [5.74, 6) is -0.0744. The van der Waals surface area contributed by atoms with Crippen LogP contribution in [0.5, 0.6) is 5.75 Å². The topological polar surface area (TPSA) is 100 Å². The first-order valence-corrected chi connectivity index (χ1v) is 12.9. The van der Waals surface area contributed by atoms with E-state index in [4.69, 9.17) is 9.47 Å². The molecule has 2 amide bonds. The number of ether oxygens (including phenoxy) is 2. The highest BCUT2D eigenvalue weighted by molar-refractivity contribution is 6.00. The lowest BCUT2D eigenvalue weighted by Gasteiger charge is -2.35. The molecular weight excluding hydrogens is 458 g/mol. The summed E-state index contributed by atoms with van der Waals surface area (Å²) >= 11 is 0. The highest BCUT2D eigenvalue weighted by atomic mass is 16.5. The van der Waals surface area contributed by atoms with E-state index in [0.717, 1.165) is 19.3 Å². The number of hydrogen-bond acceptors (Lipinski definition) is 6. The maximum absolute atomic E-state index is 13.1. The molecule has 1 aliphatic heterocycles. The second kappa shape index (κ2) is 12.3. The van der Waals surface area contributed by atoms with Crippen molar-refractivity contribution in [1.29, 1.82) is 0 Å². The van der Waals surface area contributed by atoms with Gasteiger partial charge in [0, 0.05) is 31.2 Å². The molecule has 4 rings (SSSR count). The zero-order chi connectivity index (χ0) is 25.5. The molecule has 0 radical (unpaired) electrons. The van der Waals surface area contributed by atoms with Crippen LogP contribution in [0, 0.1) is 0 Å². The second-order valence-electron chi connectivity index (χ2n) is 9.43. The van der Waals surface area contributed by atoms with Gasteiger partial charge in [-0.15, -0.1) is 0 Å². The van der Waals surface area contributed by atoms with Crippen LogP contribution in [0.3, 0.4) is 0 Å². The number of carbonyl (C=O) groups excluding carboxylic acids is 2. The maximum Gasteiger partial charge on any atom is 0.255 e. The minimum atomic E-state index is -0.721. The van der Waals surface area contributed by atoms with Crippen molar-refractivity contribution in [2.24, 2.45) is 0 Å². The van der Waals surface area contributed by atoms with Gasteiger partial charge in [0.25, 0.3) is 11.8 Å². The molecule has 1 saturated heterocycles. The molecule has 1 aliphatic carbocycles. The van der Waals surface area contributed by atoms with Gasteiger partial charge in [-0.2, -0.15) is 0 Å². The number of amides is 2. The van der Waals surface area contributed by atoms with Crippen LogP contribution in [0.15, 0.2) is 42.5 Å². The molecule has 194 valence electrons. The van der Waals surface area contributed by atoms with Crippen LogP contribution in [0.1, 0.15) is 52.1 Å². The predicted molar refractivity (Wildman–Crippen MR) is 138 cm³/mol. The summed E-state index contributed by atoms with van der Waals surface area (Å²) < 4.78 is 11.2. The lowest BCUT2D eigenvalue weighted by atomic mass is 10.1. The number of benzene rings is 2. The second-order valence-corrected chi connectivity index (χ2v) is 9.43. The summed E-state index contributed by atoms with van der Waals surface area (Å²) in [7, 11) is 0. The first-order valence-electron chi connectivity index (χ1n) is 12.9. The smallest absolute Gasteiger partial charge is 0.255 e. The zero-order valence-corrected chi connectivity index (χ0v) is 21.2. The van der Waals surface area contributed by atoms with Gasteiger partial charge in [0.1, 0.15) is 5.75 Å². The van der Waals surface area contributed by atoms with Crippen molar-refractivity contribution in [1.82, 2.24) is 15.5 Å². The van der Waals surface area contributed by atoms with Gasteiger partial charge in [0.2, 0.25) is 0 Å². The number of morpholine rings is 1. The third-order valence-electron chi connectivity index (χ3n) is 6.92. The molecule has 0 bridgehead atoms. The third-order valence-corrected chi connectivity index (χ3v) is 6.92. The minimum absolute atomic E-state index is 0.0401. The monoisotopic (exact) mass is 495 g/mol. The van der Waals surface area contributed by atoms with Crippen molar-refractivity contribution in [3.63, 3.8) is 0 Å². The third kappa shape index (κ3) is 6.24. The van der Waals surface area contributed by atoms with Gasteiger partial charge in [-0.25, -0.2) is 0 Å². The van der Waals surface area contributed by atoms with Gasteiger partial charge in [-0.3, -0.25) is 9.59 Å². The van der Waals surface area contributed by atoms with Crippen LogP contribution in [0.25, 0.3) is 0 Å². The Kier molecular flexibility index (Phi) is 8.96. The van der Waals surface area contributed by atoms with Crippen LogP contribution >= 0.6 is 0 Å². The lowest BCUT2D eigenvalue weighted by molar-refractivity contribution is -0.00281. The van der Waals surface area contributed by atoms with Crippen molar-refractivity contribution >= 4 is 11.8 Å². The molecule has 1 unspecified atom stereocenters. The van der Waals surface area contributed by atoms with Crippen molar-refractivity contribution in [2.75, 3.05) is 39.5 Å². The number of carbonyl (C=O) groups is 2. The Labute approximate surface area is 213 Å². The fraction of sp³-hybridized carbons (Fsp3) is 0.500. The largest absolute Gasteiger partial charge is 0.493 e. The number of fused-ring (bicyclic) bond motifs is 1. The molecule has 36 heavy (non-hydrogen) atoms. The number of nitrogens with zero attached hydrogens (tertiary/aromatic N) is 1. The number of hydrogen-bond donors (Lipinski definition) is 3. The lowest BCUT2D eigenvalue weighted by Crippen LogP contribution is -2.48. The molecule has 0 spiro atoms. The van der Waals surface area contributed by atoms with E-state index >= 15 is 0 Å². The van der Waals surface area contributed by atoms with Gasteiger partial charge in [0.05, 0.1) is 37.5 Å². The Hall–Kier alpha value is -2.94. The average molecular weight is 496 g/mol. The Morgan fingerprint density at radius 2 is 1.89 bits per heavy atom. The Morgan fingerprint density at radius 3 is 2.58 bits per heavy atom. The van der Waals surface area contributed by atoms with E-state index in [2.05, 4.69) is 34.9 Å². The SMILES string of the molecule is CCOc1cc(C(=O)N2CCOC[C@@H]2CC)ccc1C(=O)NCC(O)CNC1Cc2ccccc2C1. The predicted octanol–water partition coefficient (Wildman–Crippen LogP) is 2.18. The minimum Gasteiger partial charge on any atom is -0.493 e. The fourth-order valence-corrected chi connectivity index (χ4v) is 4.93. The fourth-order valence-electron chi connectivity index (χ4n) is 4.93. The van der Waals surface area contributed by atoms with Crippen LogP contribution in [-0.4, -0.2) is 79.5 Å².